The maximum absolute atomic E-state index is 4.34. The fourth-order valence-electron chi connectivity index (χ4n) is 1.32. The van der Waals surface area contributed by atoms with Crippen LogP contribution in [0.4, 0.5) is 5.69 Å². The predicted molar refractivity (Wildman–Crippen MR) is 69.5 cm³/mol. The second-order valence-corrected chi connectivity index (χ2v) is 4.85. The lowest BCUT2D eigenvalue weighted by molar-refractivity contribution is 0.581. The average Bonchev–Trinajstić information content (AvgIpc) is 2.24. The van der Waals surface area contributed by atoms with E-state index in [0.717, 1.165) is 24.5 Å². The van der Waals surface area contributed by atoms with Crippen molar-refractivity contribution in [2.24, 2.45) is 5.92 Å². The molecule has 0 atom stereocenters. The van der Waals surface area contributed by atoms with Crippen molar-refractivity contribution in [1.82, 2.24) is 10.3 Å². The molecule has 0 saturated carbocycles. The van der Waals surface area contributed by atoms with Crippen molar-refractivity contribution in [1.29, 1.82) is 0 Å². The predicted octanol–water partition coefficient (Wildman–Crippen LogP) is 2.65. The molecule has 0 saturated heterocycles. The van der Waals surface area contributed by atoms with E-state index in [1.807, 2.05) is 12.3 Å². The van der Waals surface area contributed by atoms with Gasteiger partial charge in [-0.15, -0.1) is 0 Å². The van der Waals surface area contributed by atoms with Crippen molar-refractivity contribution in [3.8, 4) is 0 Å². The molecule has 0 unspecified atom stereocenters. The van der Waals surface area contributed by atoms with Crippen LogP contribution in [-0.4, -0.2) is 17.6 Å². The fourth-order valence-corrected chi connectivity index (χ4v) is 1.32. The zero-order valence-corrected chi connectivity index (χ0v) is 10.7. The van der Waals surface area contributed by atoms with Crippen LogP contribution in [0.3, 0.4) is 0 Å². The van der Waals surface area contributed by atoms with E-state index < -0.39 is 0 Å². The summed E-state index contributed by atoms with van der Waals surface area (Å²) in [4.78, 5) is 4.34. The van der Waals surface area contributed by atoms with Gasteiger partial charge in [-0.1, -0.05) is 27.7 Å². The summed E-state index contributed by atoms with van der Waals surface area (Å²) in [6, 6.07) is 4.62. The van der Waals surface area contributed by atoms with Crippen molar-refractivity contribution in [3.63, 3.8) is 0 Å². The molecule has 0 fully saturated rings. The van der Waals surface area contributed by atoms with Gasteiger partial charge >= 0.3 is 0 Å². The van der Waals surface area contributed by atoms with Gasteiger partial charge in [-0.25, -0.2) is 0 Å². The van der Waals surface area contributed by atoms with Gasteiger partial charge in [0.25, 0.3) is 0 Å². The van der Waals surface area contributed by atoms with Crippen LogP contribution in [-0.2, 0) is 6.54 Å². The van der Waals surface area contributed by atoms with Gasteiger partial charge in [0.15, 0.2) is 0 Å². The summed E-state index contributed by atoms with van der Waals surface area (Å²) >= 11 is 0. The SMILES string of the molecule is CC(C)CNc1ccnc(CNC(C)C)c1. The Bertz CT molecular complexity index is 281. The number of hydrogen-bond donors (Lipinski definition) is 2. The third-order valence-corrected chi connectivity index (χ3v) is 2.22. The molecule has 0 amide bonds. The van der Waals surface area contributed by atoms with E-state index in [2.05, 4.69) is 49.4 Å². The normalized spacial score (nSPS) is 11.1. The Morgan fingerprint density at radius 2 is 2.00 bits per heavy atom. The Balaban J connectivity index is 2.50. The molecule has 16 heavy (non-hydrogen) atoms. The van der Waals surface area contributed by atoms with Gasteiger partial charge in [0.05, 0.1) is 5.69 Å². The van der Waals surface area contributed by atoms with Gasteiger partial charge < -0.3 is 10.6 Å². The Morgan fingerprint density at radius 3 is 2.62 bits per heavy atom. The van der Waals surface area contributed by atoms with Crippen LogP contribution in [0.15, 0.2) is 18.3 Å². The largest absolute Gasteiger partial charge is 0.385 e. The fraction of sp³-hybridized carbons (Fsp3) is 0.615. The molecular weight excluding hydrogens is 198 g/mol. The van der Waals surface area contributed by atoms with Crippen LogP contribution < -0.4 is 10.6 Å². The third-order valence-electron chi connectivity index (χ3n) is 2.22. The highest BCUT2D eigenvalue weighted by atomic mass is 14.9. The summed E-state index contributed by atoms with van der Waals surface area (Å²) in [5, 5.41) is 6.77. The highest BCUT2D eigenvalue weighted by Gasteiger charge is 1.99. The Labute approximate surface area is 98.7 Å². The molecular formula is C13H23N3. The molecule has 1 heterocycles. The molecule has 1 rings (SSSR count). The summed E-state index contributed by atoms with van der Waals surface area (Å²) in [5.74, 6) is 0.658. The molecule has 0 bridgehead atoms. The van der Waals surface area contributed by atoms with Gasteiger partial charge in [0, 0.05) is 31.0 Å². The quantitative estimate of drug-likeness (QED) is 0.775. The minimum atomic E-state index is 0.495. The van der Waals surface area contributed by atoms with Crippen molar-refractivity contribution in [3.05, 3.63) is 24.0 Å². The van der Waals surface area contributed by atoms with Gasteiger partial charge in [-0.2, -0.15) is 0 Å². The number of aromatic nitrogens is 1. The molecule has 1 aromatic rings. The van der Waals surface area contributed by atoms with Gasteiger partial charge in [0.2, 0.25) is 0 Å². The molecule has 0 spiro atoms. The molecule has 3 heteroatoms. The smallest absolute Gasteiger partial charge is 0.0562 e. The van der Waals surface area contributed by atoms with Crippen LogP contribution >= 0.6 is 0 Å². The second-order valence-electron chi connectivity index (χ2n) is 4.85. The van der Waals surface area contributed by atoms with Gasteiger partial charge in [-0.3, -0.25) is 4.98 Å². The van der Waals surface area contributed by atoms with Gasteiger partial charge in [-0.05, 0) is 18.1 Å². The van der Waals surface area contributed by atoms with Crippen LogP contribution in [0.25, 0.3) is 0 Å². The minimum absolute atomic E-state index is 0.495. The van der Waals surface area contributed by atoms with Crippen molar-refractivity contribution in [2.45, 2.75) is 40.3 Å². The molecule has 0 aromatic carbocycles. The number of rotatable bonds is 6. The lowest BCUT2D eigenvalue weighted by Gasteiger charge is -2.11. The third kappa shape index (κ3) is 5.12. The average molecular weight is 221 g/mol. The molecule has 0 radical (unpaired) electrons. The number of hydrogen-bond acceptors (Lipinski definition) is 3. The topological polar surface area (TPSA) is 37.0 Å². The van der Waals surface area contributed by atoms with E-state index in [1.165, 1.54) is 0 Å². The lowest BCUT2D eigenvalue weighted by Crippen LogP contribution is -2.22. The molecule has 0 aliphatic carbocycles. The highest BCUT2D eigenvalue weighted by molar-refractivity contribution is 5.43. The highest BCUT2D eigenvalue weighted by Crippen LogP contribution is 2.08. The van der Waals surface area contributed by atoms with E-state index >= 15 is 0 Å². The van der Waals surface area contributed by atoms with Crippen molar-refractivity contribution in [2.75, 3.05) is 11.9 Å². The van der Waals surface area contributed by atoms with Crippen LogP contribution in [0, 0.1) is 5.92 Å². The number of anilines is 1. The van der Waals surface area contributed by atoms with Gasteiger partial charge in [0.1, 0.15) is 0 Å². The monoisotopic (exact) mass is 221 g/mol. The summed E-state index contributed by atoms with van der Waals surface area (Å²) in [7, 11) is 0. The first kappa shape index (κ1) is 13.0. The molecule has 1 aromatic heterocycles. The molecule has 90 valence electrons. The number of nitrogens with one attached hydrogen (secondary N) is 2. The molecule has 3 nitrogen and oxygen atoms in total. The van der Waals surface area contributed by atoms with Crippen LogP contribution in [0.5, 0.6) is 0 Å². The van der Waals surface area contributed by atoms with E-state index in [1.54, 1.807) is 0 Å². The maximum atomic E-state index is 4.34. The van der Waals surface area contributed by atoms with Crippen molar-refractivity contribution >= 4 is 5.69 Å². The lowest BCUT2D eigenvalue weighted by atomic mass is 10.2. The summed E-state index contributed by atoms with van der Waals surface area (Å²) in [5.41, 5.74) is 2.24. The second kappa shape index (κ2) is 6.48. The first-order valence-corrected chi connectivity index (χ1v) is 6.00. The molecule has 0 aliphatic heterocycles. The van der Waals surface area contributed by atoms with Crippen LogP contribution in [0.1, 0.15) is 33.4 Å². The number of nitrogens with zero attached hydrogens (tertiary/aromatic N) is 1. The first-order chi connectivity index (χ1) is 7.58. The Kier molecular flexibility index (Phi) is 5.26. The Hall–Kier alpha value is -1.09. The van der Waals surface area contributed by atoms with E-state index in [4.69, 9.17) is 0 Å². The molecule has 0 aliphatic rings. The number of pyridine rings is 1. The standard InChI is InChI=1S/C13H23N3/c1-10(2)8-16-12-5-6-14-13(7-12)9-15-11(3)4/h5-7,10-11,15H,8-9H2,1-4H3,(H,14,16). The zero-order valence-electron chi connectivity index (χ0n) is 10.7. The minimum Gasteiger partial charge on any atom is -0.385 e. The van der Waals surface area contributed by atoms with E-state index in [9.17, 15) is 0 Å². The zero-order chi connectivity index (χ0) is 12.0. The molecule has 2 N–H and O–H groups in total. The van der Waals surface area contributed by atoms with Crippen molar-refractivity contribution < 1.29 is 0 Å². The summed E-state index contributed by atoms with van der Waals surface area (Å²) in [6.45, 7) is 10.5. The summed E-state index contributed by atoms with van der Waals surface area (Å²) < 4.78 is 0. The maximum Gasteiger partial charge on any atom is 0.0562 e. The first-order valence-electron chi connectivity index (χ1n) is 6.00. The van der Waals surface area contributed by atoms with E-state index in [-0.39, 0.29) is 0 Å². The summed E-state index contributed by atoms with van der Waals surface area (Å²) in [6.07, 6.45) is 1.86. The van der Waals surface area contributed by atoms with E-state index in [0.29, 0.717) is 12.0 Å². The van der Waals surface area contributed by atoms with Crippen LogP contribution in [0.2, 0.25) is 0 Å². The Morgan fingerprint density at radius 1 is 1.25 bits per heavy atom.